The molecular formula is C24H31FN2O6S. The highest BCUT2D eigenvalue weighted by Gasteiger charge is 2.30. The predicted octanol–water partition coefficient (Wildman–Crippen LogP) is 3.49. The summed E-state index contributed by atoms with van der Waals surface area (Å²) in [7, 11) is -2.44. The van der Waals surface area contributed by atoms with Gasteiger partial charge in [0.1, 0.15) is 10.7 Å². The number of hydrogen-bond donors (Lipinski definition) is 0. The van der Waals surface area contributed by atoms with Crippen LogP contribution in [0, 0.1) is 19.7 Å². The normalized spacial score (nSPS) is 14.8. The summed E-state index contributed by atoms with van der Waals surface area (Å²) >= 11 is 0. The number of Topliss-reactive ketones (excluding diaryl/α,β-unsaturated/α-hetero) is 1. The highest BCUT2D eigenvalue weighted by atomic mass is 32.2. The number of hydrogen-bond acceptors (Lipinski definition) is 6. The van der Waals surface area contributed by atoms with Crippen molar-refractivity contribution in [2.24, 2.45) is 0 Å². The van der Waals surface area contributed by atoms with Crippen molar-refractivity contribution in [1.82, 2.24) is 8.87 Å². The van der Waals surface area contributed by atoms with Crippen LogP contribution < -0.4 is 0 Å². The molecule has 0 spiro atoms. The molecule has 8 nitrogen and oxygen atoms in total. The van der Waals surface area contributed by atoms with Crippen LogP contribution in [-0.2, 0) is 26.0 Å². The zero-order chi connectivity index (χ0) is 24.9. The van der Waals surface area contributed by atoms with Gasteiger partial charge in [0.2, 0.25) is 15.8 Å². The third-order valence-corrected chi connectivity index (χ3v) is 7.95. The Bertz CT molecular complexity index is 1150. The molecule has 3 rings (SSSR count). The minimum atomic E-state index is -4.07. The number of sulfonamides is 1. The van der Waals surface area contributed by atoms with Gasteiger partial charge in [-0.1, -0.05) is 6.42 Å². The molecule has 34 heavy (non-hydrogen) atoms. The SMILES string of the molecule is COCCCn1c(C)cc(C(=O)COC(=O)c2ccc(F)c(S(=O)(=O)N3CCCCC3)c2)c1C. The number of ether oxygens (including phenoxy) is 2. The van der Waals surface area contributed by atoms with Crippen molar-refractivity contribution in [2.75, 3.05) is 33.4 Å². The first-order valence-electron chi connectivity index (χ1n) is 11.3. The fraction of sp³-hybridized carbons (Fsp3) is 0.500. The Labute approximate surface area is 199 Å². The lowest BCUT2D eigenvalue weighted by atomic mass is 10.1. The molecule has 0 bridgehead atoms. The molecule has 1 aliphatic rings. The lowest BCUT2D eigenvalue weighted by Crippen LogP contribution is -2.36. The number of piperidine rings is 1. The fourth-order valence-corrected chi connectivity index (χ4v) is 5.77. The minimum absolute atomic E-state index is 0.130. The molecule has 0 amide bonds. The number of carbonyl (C=O) groups excluding carboxylic acids is 2. The third-order valence-electron chi connectivity index (χ3n) is 6.04. The summed E-state index contributed by atoms with van der Waals surface area (Å²) in [6.07, 6.45) is 3.13. The Kier molecular flexibility index (Phi) is 8.62. The van der Waals surface area contributed by atoms with E-state index in [9.17, 15) is 22.4 Å². The molecule has 0 saturated carbocycles. The van der Waals surface area contributed by atoms with Crippen molar-refractivity contribution >= 4 is 21.8 Å². The van der Waals surface area contributed by atoms with E-state index >= 15 is 0 Å². The number of aromatic nitrogens is 1. The molecule has 2 heterocycles. The average molecular weight is 495 g/mol. The summed E-state index contributed by atoms with van der Waals surface area (Å²) in [5.41, 5.74) is 2.01. The van der Waals surface area contributed by atoms with E-state index < -0.39 is 33.3 Å². The molecule has 1 fully saturated rings. The zero-order valence-electron chi connectivity index (χ0n) is 19.8. The predicted molar refractivity (Wildman–Crippen MR) is 124 cm³/mol. The summed E-state index contributed by atoms with van der Waals surface area (Å²) in [4.78, 5) is 24.7. The van der Waals surface area contributed by atoms with Crippen molar-refractivity contribution in [3.63, 3.8) is 0 Å². The quantitative estimate of drug-likeness (QED) is 0.285. The fourth-order valence-electron chi connectivity index (χ4n) is 4.16. The highest BCUT2D eigenvalue weighted by molar-refractivity contribution is 7.89. The minimum Gasteiger partial charge on any atom is -0.454 e. The molecule has 0 aliphatic carbocycles. The van der Waals surface area contributed by atoms with Crippen LogP contribution in [0.5, 0.6) is 0 Å². The van der Waals surface area contributed by atoms with Gasteiger partial charge in [0.15, 0.2) is 6.61 Å². The van der Waals surface area contributed by atoms with Crippen LogP contribution in [-0.4, -0.2) is 62.5 Å². The highest BCUT2D eigenvalue weighted by Crippen LogP contribution is 2.24. The standard InChI is InChI=1S/C24H31FN2O6S/c1-17-14-20(18(2)27(17)12-7-13-32-3)22(28)16-33-24(29)19-8-9-21(25)23(15-19)34(30,31)26-10-5-4-6-11-26/h8-9,14-15H,4-7,10-13,16H2,1-3H3. The third kappa shape index (κ3) is 5.73. The second-order valence-electron chi connectivity index (χ2n) is 8.39. The Morgan fingerprint density at radius 2 is 1.79 bits per heavy atom. The molecule has 2 aromatic rings. The Morgan fingerprint density at radius 3 is 2.47 bits per heavy atom. The number of carbonyl (C=O) groups is 2. The van der Waals surface area contributed by atoms with Gasteiger partial charge in [0.05, 0.1) is 5.56 Å². The van der Waals surface area contributed by atoms with Gasteiger partial charge in [-0.2, -0.15) is 4.31 Å². The molecule has 0 N–H and O–H groups in total. The summed E-state index contributed by atoms with van der Waals surface area (Å²) in [6.45, 7) is 5.14. The molecule has 0 radical (unpaired) electrons. The molecule has 1 aromatic carbocycles. The lowest BCUT2D eigenvalue weighted by Gasteiger charge is -2.26. The van der Waals surface area contributed by atoms with Gasteiger partial charge in [0.25, 0.3) is 0 Å². The Morgan fingerprint density at radius 1 is 1.09 bits per heavy atom. The van der Waals surface area contributed by atoms with Crippen LogP contribution in [0.1, 0.15) is 57.8 Å². The van der Waals surface area contributed by atoms with Crippen molar-refractivity contribution < 1.29 is 31.9 Å². The number of ketones is 1. The van der Waals surface area contributed by atoms with Gasteiger partial charge < -0.3 is 14.0 Å². The van der Waals surface area contributed by atoms with E-state index in [-0.39, 0.29) is 11.3 Å². The monoisotopic (exact) mass is 494 g/mol. The van der Waals surface area contributed by atoms with Gasteiger partial charge >= 0.3 is 5.97 Å². The second kappa shape index (κ2) is 11.2. The van der Waals surface area contributed by atoms with Crippen LogP contribution in [0.2, 0.25) is 0 Å². The average Bonchev–Trinajstić information content (AvgIpc) is 3.11. The van der Waals surface area contributed by atoms with Crippen molar-refractivity contribution in [1.29, 1.82) is 0 Å². The molecule has 1 saturated heterocycles. The number of rotatable bonds is 10. The van der Waals surface area contributed by atoms with Crippen LogP contribution in [0.25, 0.3) is 0 Å². The van der Waals surface area contributed by atoms with Crippen LogP contribution in [0.3, 0.4) is 0 Å². The van der Waals surface area contributed by atoms with Crippen LogP contribution in [0.4, 0.5) is 4.39 Å². The number of methoxy groups -OCH3 is 1. The van der Waals surface area contributed by atoms with E-state index in [1.165, 1.54) is 4.31 Å². The first-order chi connectivity index (χ1) is 16.2. The summed E-state index contributed by atoms with van der Waals surface area (Å²) in [5, 5.41) is 0. The van der Waals surface area contributed by atoms with Crippen molar-refractivity contribution in [3.05, 3.63) is 52.6 Å². The second-order valence-corrected chi connectivity index (χ2v) is 10.3. The van der Waals surface area contributed by atoms with Gasteiger partial charge in [-0.15, -0.1) is 0 Å². The molecule has 0 unspecified atom stereocenters. The maximum absolute atomic E-state index is 14.4. The molecule has 1 aromatic heterocycles. The summed E-state index contributed by atoms with van der Waals surface area (Å²) < 4.78 is 53.6. The number of halogens is 1. The Hall–Kier alpha value is -2.56. The van der Waals surface area contributed by atoms with E-state index in [2.05, 4.69) is 0 Å². The van der Waals surface area contributed by atoms with E-state index in [4.69, 9.17) is 9.47 Å². The maximum atomic E-state index is 14.4. The number of esters is 1. The molecule has 0 atom stereocenters. The van der Waals surface area contributed by atoms with Crippen molar-refractivity contribution in [3.8, 4) is 0 Å². The number of benzene rings is 1. The lowest BCUT2D eigenvalue weighted by molar-refractivity contribution is 0.0474. The first-order valence-corrected chi connectivity index (χ1v) is 12.8. The van der Waals surface area contributed by atoms with E-state index in [0.29, 0.717) is 44.6 Å². The maximum Gasteiger partial charge on any atom is 0.338 e. The number of aryl methyl sites for hydroxylation is 1. The molecular weight excluding hydrogens is 463 g/mol. The van der Waals surface area contributed by atoms with E-state index in [0.717, 1.165) is 42.4 Å². The topological polar surface area (TPSA) is 94.9 Å². The van der Waals surface area contributed by atoms with E-state index in [1.54, 1.807) is 13.2 Å². The van der Waals surface area contributed by atoms with Gasteiger partial charge in [-0.05, 0) is 57.4 Å². The summed E-state index contributed by atoms with van der Waals surface area (Å²) in [6, 6.07) is 4.81. The molecule has 1 aliphatic heterocycles. The Balaban J connectivity index is 1.70. The van der Waals surface area contributed by atoms with Crippen molar-refractivity contribution in [2.45, 2.75) is 51.0 Å². The zero-order valence-corrected chi connectivity index (χ0v) is 20.6. The first kappa shape index (κ1) is 26.1. The summed E-state index contributed by atoms with van der Waals surface area (Å²) in [5.74, 6) is -2.20. The van der Waals surface area contributed by atoms with E-state index in [1.807, 2.05) is 18.4 Å². The van der Waals surface area contributed by atoms with Gasteiger partial charge in [-0.25, -0.2) is 17.6 Å². The van der Waals surface area contributed by atoms with Crippen LogP contribution >= 0.6 is 0 Å². The smallest absolute Gasteiger partial charge is 0.338 e. The van der Waals surface area contributed by atoms with Gasteiger partial charge in [-0.3, -0.25) is 4.79 Å². The van der Waals surface area contributed by atoms with Gasteiger partial charge in [0, 0.05) is 50.3 Å². The van der Waals surface area contributed by atoms with Crippen LogP contribution in [0.15, 0.2) is 29.2 Å². The largest absolute Gasteiger partial charge is 0.454 e. The molecule has 186 valence electrons. The molecule has 10 heteroatoms. The number of nitrogens with zero attached hydrogens (tertiary/aromatic N) is 2.